The van der Waals surface area contributed by atoms with Crippen molar-refractivity contribution >= 4 is 5.71 Å². The summed E-state index contributed by atoms with van der Waals surface area (Å²) in [4.78, 5) is 4.48. The Morgan fingerprint density at radius 3 is 2.54 bits per heavy atom. The standard InChI is InChI=1S/C12H19N/c1-5-11(6-2)9-13-10(3)12(4)7-8-12/h5,9H,1,6-8H2,2-4H3/b11-9+,13-10+. The summed E-state index contributed by atoms with van der Waals surface area (Å²) in [7, 11) is 0. The minimum atomic E-state index is 0.413. The van der Waals surface area contributed by atoms with Crippen LogP contribution in [-0.4, -0.2) is 5.71 Å². The molecule has 1 heteroatoms. The van der Waals surface area contributed by atoms with Crippen LogP contribution in [0.1, 0.15) is 40.0 Å². The van der Waals surface area contributed by atoms with Gasteiger partial charge in [0.25, 0.3) is 0 Å². The van der Waals surface area contributed by atoms with Crippen molar-refractivity contribution in [3.8, 4) is 0 Å². The van der Waals surface area contributed by atoms with E-state index in [1.165, 1.54) is 24.1 Å². The topological polar surface area (TPSA) is 12.4 Å². The molecule has 1 saturated carbocycles. The number of hydrogen-bond donors (Lipinski definition) is 0. The van der Waals surface area contributed by atoms with Gasteiger partial charge < -0.3 is 0 Å². The maximum Gasteiger partial charge on any atom is 0.0299 e. The molecule has 0 aromatic rings. The molecule has 72 valence electrons. The lowest BCUT2D eigenvalue weighted by Gasteiger charge is -2.05. The molecule has 1 aliphatic rings. The third-order valence-electron chi connectivity index (χ3n) is 2.97. The van der Waals surface area contributed by atoms with Crippen molar-refractivity contribution < 1.29 is 0 Å². The van der Waals surface area contributed by atoms with E-state index in [0.29, 0.717) is 5.41 Å². The minimum absolute atomic E-state index is 0.413. The van der Waals surface area contributed by atoms with Gasteiger partial charge in [0.05, 0.1) is 0 Å². The molecule has 0 saturated heterocycles. The SMILES string of the molecule is C=C/C(=C\N=C(/C)C1(C)CC1)CC. The van der Waals surface area contributed by atoms with E-state index in [4.69, 9.17) is 0 Å². The normalized spacial score (nSPS) is 21.5. The smallest absolute Gasteiger partial charge is 0.0299 e. The van der Waals surface area contributed by atoms with Crippen LogP contribution in [0.3, 0.4) is 0 Å². The van der Waals surface area contributed by atoms with Crippen molar-refractivity contribution in [2.45, 2.75) is 40.0 Å². The molecule has 0 aromatic carbocycles. The summed E-state index contributed by atoms with van der Waals surface area (Å²) in [6, 6.07) is 0. The van der Waals surface area contributed by atoms with E-state index < -0.39 is 0 Å². The Hall–Kier alpha value is -0.850. The molecule has 0 atom stereocenters. The summed E-state index contributed by atoms with van der Waals surface area (Å²) in [6.07, 6.45) is 7.44. The predicted octanol–water partition coefficient (Wildman–Crippen LogP) is 3.73. The molecule has 0 aromatic heterocycles. The van der Waals surface area contributed by atoms with Gasteiger partial charge in [-0.15, -0.1) is 0 Å². The Morgan fingerprint density at radius 1 is 1.54 bits per heavy atom. The van der Waals surface area contributed by atoms with Crippen LogP contribution in [0.4, 0.5) is 0 Å². The second-order valence-corrected chi connectivity index (χ2v) is 4.04. The average Bonchev–Trinajstić information content (AvgIpc) is 2.86. The maximum absolute atomic E-state index is 4.48. The van der Waals surface area contributed by atoms with Crippen molar-refractivity contribution in [3.05, 3.63) is 24.4 Å². The predicted molar refractivity (Wildman–Crippen MR) is 59.0 cm³/mol. The van der Waals surface area contributed by atoms with Crippen LogP contribution >= 0.6 is 0 Å². The van der Waals surface area contributed by atoms with Gasteiger partial charge in [0.15, 0.2) is 0 Å². The molecule has 1 nitrogen and oxygen atoms in total. The molecule has 0 radical (unpaired) electrons. The van der Waals surface area contributed by atoms with Gasteiger partial charge in [-0.2, -0.15) is 0 Å². The van der Waals surface area contributed by atoms with Crippen molar-refractivity contribution in [1.29, 1.82) is 0 Å². The molecule has 0 aliphatic heterocycles. The van der Waals surface area contributed by atoms with E-state index in [1.807, 2.05) is 12.3 Å². The third-order valence-corrected chi connectivity index (χ3v) is 2.97. The van der Waals surface area contributed by atoms with Crippen molar-refractivity contribution in [2.24, 2.45) is 10.4 Å². The first kappa shape index (κ1) is 10.2. The first-order chi connectivity index (χ1) is 6.12. The summed E-state index contributed by atoms with van der Waals surface area (Å²) in [5.41, 5.74) is 2.89. The minimum Gasteiger partial charge on any atom is -0.265 e. The zero-order valence-electron chi connectivity index (χ0n) is 8.93. The molecule has 0 N–H and O–H groups in total. The van der Waals surface area contributed by atoms with Gasteiger partial charge in [-0.3, -0.25) is 4.99 Å². The Morgan fingerprint density at radius 2 is 2.15 bits per heavy atom. The lowest BCUT2D eigenvalue weighted by Crippen LogP contribution is -2.05. The number of aliphatic imine (C=N–C) groups is 1. The largest absolute Gasteiger partial charge is 0.265 e. The van der Waals surface area contributed by atoms with Gasteiger partial charge in [0.1, 0.15) is 0 Å². The van der Waals surface area contributed by atoms with Gasteiger partial charge in [-0.05, 0) is 31.8 Å². The number of rotatable bonds is 4. The number of allylic oxidation sites excluding steroid dienone is 2. The van der Waals surface area contributed by atoms with Crippen LogP contribution in [0.5, 0.6) is 0 Å². The first-order valence-electron chi connectivity index (χ1n) is 4.99. The first-order valence-corrected chi connectivity index (χ1v) is 4.99. The lowest BCUT2D eigenvalue weighted by atomic mass is 10.1. The van der Waals surface area contributed by atoms with E-state index >= 15 is 0 Å². The Balaban J connectivity index is 2.65. The van der Waals surface area contributed by atoms with E-state index in [-0.39, 0.29) is 0 Å². The monoisotopic (exact) mass is 177 g/mol. The van der Waals surface area contributed by atoms with Crippen LogP contribution in [0.25, 0.3) is 0 Å². The summed E-state index contributed by atoms with van der Waals surface area (Å²) in [5.74, 6) is 0. The Kier molecular flexibility index (Phi) is 3.07. The van der Waals surface area contributed by atoms with Gasteiger partial charge in [0.2, 0.25) is 0 Å². The van der Waals surface area contributed by atoms with E-state index in [2.05, 4.69) is 32.3 Å². The molecule has 1 fully saturated rings. The quantitative estimate of drug-likeness (QED) is 0.458. The van der Waals surface area contributed by atoms with Crippen molar-refractivity contribution in [1.82, 2.24) is 0 Å². The van der Waals surface area contributed by atoms with Crippen LogP contribution in [0, 0.1) is 5.41 Å². The van der Waals surface area contributed by atoms with Crippen LogP contribution in [0.15, 0.2) is 29.4 Å². The molecule has 0 unspecified atom stereocenters. The third kappa shape index (κ3) is 2.55. The van der Waals surface area contributed by atoms with Crippen LogP contribution in [0.2, 0.25) is 0 Å². The molecular weight excluding hydrogens is 158 g/mol. The zero-order valence-corrected chi connectivity index (χ0v) is 8.93. The van der Waals surface area contributed by atoms with E-state index in [0.717, 1.165) is 6.42 Å². The second kappa shape index (κ2) is 3.91. The van der Waals surface area contributed by atoms with E-state index in [1.54, 1.807) is 0 Å². The fraction of sp³-hybridized carbons (Fsp3) is 0.583. The summed E-state index contributed by atoms with van der Waals surface area (Å²) in [5, 5.41) is 0. The molecule has 0 spiro atoms. The van der Waals surface area contributed by atoms with Crippen LogP contribution < -0.4 is 0 Å². The fourth-order valence-corrected chi connectivity index (χ4v) is 1.17. The van der Waals surface area contributed by atoms with E-state index in [9.17, 15) is 0 Å². The Labute approximate surface area is 81.3 Å². The molecule has 0 bridgehead atoms. The molecular formula is C12H19N. The molecule has 0 heterocycles. The van der Waals surface area contributed by atoms with Gasteiger partial charge in [-0.1, -0.05) is 26.5 Å². The Bertz CT molecular complexity index is 254. The second-order valence-electron chi connectivity index (χ2n) is 4.04. The summed E-state index contributed by atoms with van der Waals surface area (Å²) in [6.45, 7) is 10.3. The maximum atomic E-state index is 4.48. The van der Waals surface area contributed by atoms with Gasteiger partial charge >= 0.3 is 0 Å². The van der Waals surface area contributed by atoms with Crippen molar-refractivity contribution in [2.75, 3.05) is 0 Å². The molecule has 1 aliphatic carbocycles. The van der Waals surface area contributed by atoms with Gasteiger partial charge in [0, 0.05) is 17.3 Å². The fourth-order valence-electron chi connectivity index (χ4n) is 1.17. The molecule has 13 heavy (non-hydrogen) atoms. The lowest BCUT2D eigenvalue weighted by molar-refractivity contribution is 0.797. The van der Waals surface area contributed by atoms with Crippen LogP contribution in [-0.2, 0) is 0 Å². The molecule has 1 rings (SSSR count). The summed E-state index contributed by atoms with van der Waals surface area (Å²) >= 11 is 0. The van der Waals surface area contributed by atoms with Crippen molar-refractivity contribution in [3.63, 3.8) is 0 Å². The summed E-state index contributed by atoms with van der Waals surface area (Å²) < 4.78 is 0. The van der Waals surface area contributed by atoms with Gasteiger partial charge in [-0.25, -0.2) is 0 Å². The highest BCUT2D eigenvalue weighted by atomic mass is 14.7. The number of hydrogen-bond acceptors (Lipinski definition) is 1. The highest BCUT2D eigenvalue weighted by molar-refractivity contribution is 5.90. The molecule has 0 amide bonds. The number of nitrogens with zero attached hydrogens (tertiary/aromatic N) is 1. The highest BCUT2D eigenvalue weighted by Gasteiger charge is 2.39. The average molecular weight is 177 g/mol. The highest BCUT2D eigenvalue weighted by Crippen LogP contribution is 2.46. The zero-order chi connectivity index (χ0) is 9.90.